The van der Waals surface area contributed by atoms with Gasteiger partial charge in [0.05, 0.1) is 11.8 Å². The quantitative estimate of drug-likeness (QED) is 0.774. The van der Waals surface area contributed by atoms with Gasteiger partial charge in [-0.15, -0.1) is 0 Å². The van der Waals surface area contributed by atoms with Gasteiger partial charge in [0.15, 0.2) is 5.76 Å². The summed E-state index contributed by atoms with van der Waals surface area (Å²) >= 11 is 0. The van der Waals surface area contributed by atoms with Crippen molar-refractivity contribution in [3.63, 3.8) is 0 Å². The molecule has 0 unspecified atom stereocenters. The van der Waals surface area contributed by atoms with Crippen LogP contribution in [0.4, 0.5) is 0 Å². The van der Waals surface area contributed by atoms with Crippen LogP contribution in [0.5, 0.6) is 0 Å². The molecule has 1 N–H and O–H groups in total. The van der Waals surface area contributed by atoms with Crippen molar-refractivity contribution in [1.29, 1.82) is 0 Å². The number of aromatic nitrogens is 2. The molecule has 0 saturated carbocycles. The van der Waals surface area contributed by atoms with E-state index in [1.807, 2.05) is 0 Å². The zero-order valence-corrected chi connectivity index (χ0v) is 9.61. The Morgan fingerprint density at radius 3 is 2.58 bits per heavy atom. The highest BCUT2D eigenvalue weighted by Gasteiger charge is 2.12. The molecule has 19 heavy (non-hydrogen) atoms. The molecular weight excluding hydrogens is 248 g/mol. The maximum absolute atomic E-state index is 10.7. The van der Waals surface area contributed by atoms with E-state index in [-0.39, 0.29) is 5.56 Å². The van der Waals surface area contributed by atoms with Gasteiger partial charge in [0.2, 0.25) is 5.82 Å². The molecule has 0 spiro atoms. The van der Waals surface area contributed by atoms with Crippen LogP contribution < -0.4 is 0 Å². The first-order valence-corrected chi connectivity index (χ1v) is 5.45. The summed E-state index contributed by atoms with van der Waals surface area (Å²) in [5.74, 6) is 0.191. The molecule has 0 bridgehead atoms. The SMILES string of the molecule is O=C(O)c1ccc(-c2nc(-c3ccco3)no2)cc1. The minimum Gasteiger partial charge on any atom is -0.478 e. The number of rotatable bonds is 3. The molecule has 3 aromatic rings. The summed E-state index contributed by atoms with van der Waals surface area (Å²) < 4.78 is 10.3. The molecule has 6 heteroatoms. The minimum absolute atomic E-state index is 0.203. The number of carbonyl (C=O) groups is 1. The van der Waals surface area contributed by atoms with Gasteiger partial charge in [-0.3, -0.25) is 0 Å². The molecule has 3 rings (SSSR count). The third kappa shape index (κ3) is 2.11. The van der Waals surface area contributed by atoms with Crippen LogP contribution in [0.3, 0.4) is 0 Å². The van der Waals surface area contributed by atoms with Gasteiger partial charge in [0, 0.05) is 5.56 Å². The second-order valence-electron chi connectivity index (χ2n) is 3.78. The van der Waals surface area contributed by atoms with Crippen molar-refractivity contribution in [3.05, 3.63) is 48.2 Å². The maximum Gasteiger partial charge on any atom is 0.335 e. The summed E-state index contributed by atoms with van der Waals surface area (Å²) in [7, 11) is 0. The van der Waals surface area contributed by atoms with Gasteiger partial charge < -0.3 is 14.0 Å². The van der Waals surface area contributed by atoms with Crippen molar-refractivity contribution in [2.24, 2.45) is 0 Å². The average Bonchev–Trinajstić information content (AvgIpc) is 3.10. The number of hydrogen-bond donors (Lipinski definition) is 1. The summed E-state index contributed by atoms with van der Waals surface area (Å²) in [6.45, 7) is 0. The summed E-state index contributed by atoms with van der Waals surface area (Å²) in [4.78, 5) is 14.9. The van der Waals surface area contributed by atoms with Crippen molar-refractivity contribution < 1.29 is 18.8 Å². The van der Waals surface area contributed by atoms with E-state index in [9.17, 15) is 4.79 Å². The highest BCUT2D eigenvalue weighted by Crippen LogP contribution is 2.22. The smallest absolute Gasteiger partial charge is 0.335 e. The third-order valence-corrected chi connectivity index (χ3v) is 2.55. The van der Waals surface area contributed by atoms with Gasteiger partial charge in [0.1, 0.15) is 0 Å². The summed E-state index contributed by atoms with van der Waals surface area (Å²) in [5, 5.41) is 12.6. The lowest BCUT2D eigenvalue weighted by molar-refractivity contribution is 0.0697. The number of aromatic carboxylic acids is 1. The third-order valence-electron chi connectivity index (χ3n) is 2.55. The molecule has 2 heterocycles. The first kappa shape index (κ1) is 11.2. The Labute approximate surface area is 107 Å². The highest BCUT2D eigenvalue weighted by molar-refractivity contribution is 5.88. The Morgan fingerprint density at radius 2 is 1.95 bits per heavy atom. The molecule has 0 atom stereocenters. The van der Waals surface area contributed by atoms with Crippen LogP contribution in [0.1, 0.15) is 10.4 Å². The molecular formula is C13H8N2O4. The number of furan rings is 1. The maximum atomic E-state index is 10.7. The van der Waals surface area contributed by atoms with Crippen LogP contribution in [0.15, 0.2) is 51.6 Å². The normalized spacial score (nSPS) is 10.5. The van der Waals surface area contributed by atoms with Crippen molar-refractivity contribution in [2.45, 2.75) is 0 Å². The van der Waals surface area contributed by atoms with Gasteiger partial charge in [-0.25, -0.2) is 4.79 Å². The number of hydrogen-bond acceptors (Lipinski definition) is 5. The fourth-order valence-electron chi connectivity index (χ4n) is 1.60. The number of carboxylic acid groups (broad SMARTS) is 1. The topological polar surface area (TPSA) is 89.4 Å². The first-order valence-electron chi connectivity index (χ1n) is 5.45. The molecule has 2 aromatic heterocycles. The van der Waals surface area contributed by atoms with E-state index in [1.165, 1.54) is 18.4 Å². The zero-order chi connectivity index (χ0) is 13.2. The van der Waals surface area contributed by atoms with Crippen molar-refractivity contribution in [2.75, 3.05) is 0 Å². The van der Waals surface area contributed by atoms with Crippen molar-refractivity contribution >= 4 is 5.97 Å². The molecule has 94 valence electrons. The first-order chi connectivity index (χ1) is 9.24. The Morgan fingerprint density at radius 1 is 1.16 bits per heavy atom. The van der Waals surface area contributed by atoms with Crippen molar-refractivity contribution in [1.82, 2.24) is 10.1 Å². The van der Waals surface area contributed by atoms with E-state index < -0.39 is 5.97 Å². The second-order valence-corrected chi connectivity index (χ2v) is 3.78. The molecule has 0 saturated heterocycles. The monoisotopic (exact) mass is 256 g/mol. The number of nitrogens with zero attached hydrogens (tertiary/aromatic N) is 2. The Hall–Kier alpha value is -2.89. The van der Waals surface area contributed by atoms with Crippen LogP contribution in [-0.2, 0) is 0 Å². The van der Waals surface area contributed by atoms with Gasteiger partial charge in [-0.05, 0) is 36.4 Å². The van der Waals surface area contributed by atoms with E-state index in [2.05, 4.69) is 10.1 Å². The Kier molecular flexibility index (Phi) is 2.60. The molecule has 0 aliphatic heterocycles. The van der Waals surface area contributed by atoms with Gasteiger partial charge in [-0.2, -0.15) is 4.98 Å². The predicted octanol–water partition coefficient (Wildman–Crippen LogP) is 2.69. The summed E-state index contributed by atoms with van der Waals surface area (Å²) in [6, 6.07) is 9.64. The van der Waals surface area contributed by atoms with Crippen LogP contribution in [0.25, 0.3) is 23.0 Å². The molecule has 0 amide bonds. The number of carboxylic acids is 1. The molecule has 6 nitrogen and oxygen atoms in total. The lowest BCUT2D eigenvalue weighted by atomic mass is 10.1. The lowest BCUT2D eigenvalue weighted by Gasteiger charge is -1.95. The molecule has 1 aromatic carbocycles. The van der Waals surface area contributed by atoms with Gasteiger partial charge in [-0.1, -0.05) is 5.16 Å². The van der Waals surface area contributed by atoms with E-state index in [0.717, 1.165) is 0 Å². The Bertz CT molecular complexity index is 699. The van der Waals surface area contributed by atoms with Crippen LogP contribution in [-0.4, -0.2) is 21.2 Å². The van der Waals surface area contributed by atoms with E-state index >= 15 is 0 Å². The summed E-state index contributed by atoms with van der Waals surface area (Å²) in [5.41, 5.74) is 0.852. The fourth-order valence-corrected chi connectivity index (χ4v) is 1.60. The molecule has 0 radical (unpaired) electrons. The van der Waals surface area contributed by atoms with Gasteiger partial charge in [0.25, 0.3) is 5.89 Å². The average molecular weight is 256 g/mol. The largest absolute Gasteiger partial charge is 0.478 e. The second kappa shape index (κ2) is 4.41. The van der Waals surface area contributed by atoms with Crippen LogP contribution in [0, 0.1) is 0 Å². The van der Waals surface area contributed by atoms with Gasteiger partial charge >= 0.3 is 5.97 Å². The van der Waals surface area contributed by atoms with E-state index in [1.54, 1.807) is 24.3 Å². The molecule has 0 fully saturated rings. The standard InChI is InChI=1S/C13H8N2O4/c16-13(17)9-5-3-8(4-6-9)12-14-11(15-19-12)10-2-1-7-18-10/h1-7H,(H,16,17). The predicted molar refractivity (Wildman–Crippen MR) is 64.4 cm³/mol. The van der Waals surface area contributed by atoms with Crippen LogP contribution in [0.2, 0.25) is 0 Å². The van der Waals surface area contributed by atoms with E-state index in [0.29, 0.717) is 23.0 Å². The Balaban J connectivity index is 1.92. The molecule has 0 aliphatic rings. The number of benzene rings is 1. The fraction of sp³-hybridized carbons (Fsp3) is 0. The zero-order valence-electron chi connectivity index (χ0n) is 9.61. The highest BCUT2D eigenvalue weighted by atomic mass is 16.5. The lowest BCUT2D eigenvalue weighted by Crippen LogP contribution is -1.94. The minimum atomic E-state index is -0.978. The summed E-state index contributed by atoms with van der Waals surface area (Å²) in [6.07, 6.45) is 1.52. The molecule has 0 aliphatic carbocycles. The van der Waals surface area contributed by atoms with E-state index in [4.69, 9.17) is 14.0 Å². The van der Waals surface area contributed by atoms with Crippen LogP contribution >= 0.6 is 0 Å². The van der Waals surface area contributed by atoms with Crippen molar-refractivity contribution in [3.8, 4) is 23.0 Å².